The van der Waals surface area contributed by atoms with Crippen LogP contribution in [0.25, 0.3) is 50.7 Å². The van der Waals surface area contributed by atoms with Crippen molar-refractivity contribution in [1.29, 1.82) is 0 Å². The van der Waals surface area contributed by atoms with Crippen molar-refractivity contribution in [1.82, 2.24) is 82.7 Å². The minimum atomic E-state index is -0.309. The summed E-state index contributed by atoms with van der Waals surface area (Å²) in [5.74, 6) is 2.98. The zero-order valence-electron chi connectivity index (χ0n) is 53.1. The third-order valence-electron chi connectivity index (χ3n) is 16.5. The molecular formula is C66H68F2N20O5. The number of nitrogens with one attached hydrogen (secondary N) is 4. The van der Waals surface area contributed by atoms with Gasteiger partial charge in [0.05, 0.1) is 76.4 Å². The van der Waals surface area contributed by atoms with Crippen LogP contribution < -0.4 is 35.5 Å². The fourth-order valence-electron chi connectivity index (χ4n) is 12.1. The van der Waals surface area contributed by atoms with E-state index in [9.17, 15) is 18.4 Å². The van der Waals surface area contributed by atoms with Crippen LogP contribution >= 0.6 is 0 Å². The first-order chi connectivity index (χ1) is 44.9. The lowest BCUT2D eigenvalue weighted by molar-refractivity contribution is 0.0822. The molecule has 0 atom stereocenters. The minimum absolute atomic E-state index is 0.220. The molecule has 0 saturated carbocycles. The van der Waals surface area contributed by atoms with Gasteiger partial charge in [0.1, 0.15) is 40.3 Å². The summed E-state index contributed by atoms with van der Waals surface area (Å²) in [6, 6.07) is 18.3. The van der Waals surface area contributed by atoms with Crippen LogP contribution in [0.15, 0.2) is 97.8 Å². The van der Waals surface area contributed by atoms with E-state index in [4.69, 9.17) is 24.2 Å². The van der Waals surface area contributed by atoms with Gasteiger partial charge in [0.25, 0.3) is 11.8 Å². The highest BCUT2D eigenvalue weighted by Crippen LogP contribution is 2.35. The second kappa shape index (κ2) is 24.9. The average Bonchev–Trinajstić information content (AvgIpc) is 1.68. The molecule has 15 rings (SSSR count). The van der Waals surface area contributed by atoms with Crippen molar-refractivity contribution in [2.75, 3.05) is 56.9 Å². The van der Waals surface area contributed by atoms with Gasteiger partial charge in [0.15, 0.2) is 16.9 Å². The maximum Gasteiger partial charge on any atom is 0.273 e. The first-order valence-corrected chi connectivity index (χ1v) is 30.3. The van der Waals surface area contributed by atoms with Gasteiger partial charge in [-0.05, 0) is 81.8 Å². The molecule has 4 N–H and O–H groups in total. The monoisotopic (exact) mass is 1260 g/mol. The Labute approximate surface area is 532 Å². The van der Waals surface area contributed by atoms with Crippen molar-refractivity contribution < 1.29 is 32.6 Å². The summed E-state index contributed by atoms with van der Waals surface area (Å²) < 4.78 is 56.8. The van der Waals surface area contributed by atoms with Gasteiger partial charge in [0, 0.05) is 146 Å². The van der Waals surface area contributed by atoms with E-state index >= 15 is 0 Å². The van der Waals surface area contributed by atoms with Crippen LogP contribution in [0.1, 0.15) is 77.1 Å². The molecule has 12 aromatic rings. The standard InChI is InChI=1S/C23H24FN7O2.C22H22FN7O2.C21H22N6O/c1-13-9-19(30(4)28-13)16-11-26-23(31-12-18(27-21(16)31)22(32)29(2)3)25-10-15-14-7-8-33-20(14)6-5-17(15)24;1-12-8-18(29(3)28-12)15-10-26-22(30-11-17(21(31)24-2)27-20(15)30)25-9-14-13-6-7-32-19(13)5-4-16(14)23;1-13-9-18(26(3)25-13)17-11-23-21(27-12-14(2)24-20(17)27)22-10-15-5-4-6-19-16(15)7-8-28-19/h5-6,9,11-12H,7-8,10H2,1-4H3,(H,25,26);4-5,8,10-11H,6-7,9H2,1-3H3,(H,24,31)(H,25,26);4-6,9,11-12H,7-8,10H2,1-3H3,(H,22,23). The van der Waals surface area contributed by atoms with E-state index in [0.29, 0.717) is 72.7 Å². The SMILES string of the molecule is CNC(=O)c1cn2c(NCc3c(F)ccc4c3CCO4)ncc(-c3cc(C)nn3C)c2n1.Cc1cc(-c2cnc(NCc3c(F)ccc4c3CCO4)n3cc(C(=O)N(C)C)nc23)n(C)n1.Cc1cn2c(NCc3cccc4c3CCO4)ncc(-c3cc(C)nn3C)c2n1. The lowest BCUT2D eigenvalue weighted by Gasteiger charge is -2.13. The number of carbonyl (C=O) groups is 2. The minimum Gasteiger partial charge on any atom is -0.493 e. The molecule has 3 aliphatic rings. The highest BCUT2D eigenvalue weighted by atomic mass is 19.1. The van der Waals surface area contributed by atoms with E-state index in [1.807, 2.05) is 94.6 Å². The maximum atomic E-state index is 14.6. The van der Waals surface area contributed by atoms with Crippen molar-refractivity contribution in [2.45, 2.75) is 66.6 Å². The third-order valence-corrected chi connectivity index (χ3v) is 16.5. The molecule has 0 spiro atoms. The van der Waals surface area contributed by atoms with Gasteiger partial charge < -0.3 is 40.4 Å². The Morgan fingerprint density at radius 3 is 1.40 bits per heavy atom. The summed E-state index contributed by atoms with van der Waals surface area (Å²) in [6.45, 7) is 10.8. The van der Waals surface area contributed by atoms with E-state index in [1.54, 1.807) is 76.2 Å². The fraction of sp³-hybridized carbons (Fsp3) is 0.288. The number of hydrogen-bond donors (Lipinski definition) is 4. The van der Waals surface area contributed by atoms with Crippen LogP contribution in [0, 0.1) is 39.3 Å². The number of nitrogens with zero attached hydrogens (tertiary/aromatic N) is 16. The Bertz CT molecular complexity index is 4900. The fourth-order valence-corrected chi connectivity index (χ4v) is 12.1. The Kier molecular flexibility index (Phi) is 16.2. The molecule has 476 valence electrons. The predicted molar refractivity (Wildman–Crippen MR) is 345 cm³/mol. The lowest BCUT2D eigenvalue weighted by Crippen LogP contribution is -2.21. The Morgan fingerprint density at radius 2 is 0.946 bits per heavy atom. The van der Waals surface area contributed by atoms with Crippen molar-refractivity contribution in [3.8, 4) is 51.0 Å². The van der Waals surface area contributed by atoms with E-state index in [1.165, 1.54) is 28.2 Å². The first kappa shape index (κ1) is 60.6. The number of imidazole rings is 3. The first-order valence-electron chi connectivity index (χ1n) is 30.3. The van der Waals surface area contributed by atoms with Gasteiger partial charge in [-0.15, -0.1) is 0 Å². The van der Waals surface area contributed by atoms with Gasteiger partial charge >= 0.3 is 0 Å². The zero-order valence-corrected chi connectivity index (χ0v) is 53.1. The molecule has 25 nitrogen and oxygen atoms in total. The third kappa shape index (κ3) is 11.7. The smallest absolute Gasteiger partial charge is 0.273 e. The summed E-state index contributed by atoms with van der Waals surface area (Å²) in [6.07, 6.45) is 12.8. The number of aryl methyl sites for hydroxylation is 7. The molecule has 12 heterocycles. The Balaban J connectivity index is 0.000000127. The predicted octanol–water partition coefficient (Wildman–Crippen LogP) is 8.60. The zero-order chi connectivity index (χ0) is 64.9. The van der Waals surface area contributed by atoms with Crippen molar-refractivity contribution in [2.24, 2.45) is 21.1 Å². The van der Waals surface area contributed by atoms with Crippen LogP contribution in [-0.2, 0) is 60.0 Å². The second-order valence-corrected chi connectivity index (χ2v) is 23.1. The van der Waals surface area contributed by atoms with E-state index < -0.39 is 0 Å². The number of anilines is 3. The van der Waals surface area contributed by atoms with Crippen LogP contribution in [0.4, 0.5) is 26.6 Å². The molecule has 27 heteroatoms. The van der Waals surface area contributed by atoms with Gasteiger partial charge in [0.2, 0.25) is 17.8 Å². The summed E-state index contributed by atoms with van der Waals surface area (Å²) >= 11 is 0. The number of halogens is 2. The molecule has 3 aromatic carbocycles. The molecule has 0 fully saturated rings. The molecule has 9 aromatic heterocycles. The van der Waals surface area contributed by atoms with E-state index in [-0.39, 0.29) is 47.9 Å². The Hall–Kier alpha value is -11.3. The van der Waals surface area contributed by atoms with Crippen LogP contribution in [0.2, 0.25) is 0 Å². The Morgan fingerprint density at radius 1 is 0.527 bits per heavy atom. The van der Waals surface area contributed by atoms with Crippen molar-refractivity contribution in [3.05, 3.63) is 177 Å². The van der Waals surface area contributed by atoms with E-state index in [0.717, 1.165) is 104 Å². The van der Waals surface area contributed by atoms with Crippen LogP contribution in [0.3, 0.4) is 0 Å². The number of benzene rings is 3. The highest BCUT2D eigenvalue weighted by Gasteiger charge is 2.26. The number of hydrogen-bond acceptors (Lipinski definition) is 17. The number of carbonyl (C=O) groups excluding carboxylic acids is 2. The van der Waals surface area contributed by atoms with Crippen LogP contribution in [0.5, 0.6) is 17.2 Å². The summed E-state index contributed by atoms with van der Waals surface area (Å²) in [4.78, 5) is 54.1. The largest absolute Gasteiger partial charge is 0.493 e. The number of aromatic nitrogens is 15. The molecule has 0 aliphatic carbocycles. The normalized spacial score (nSPS) is 12.7. The molecule has 3 aliphatic heterocycles. The molecule has 0 unspecified atom stereocenters. The summed E-state index contributed by atoms with van der Waals surface area (Å²) in [7, 11) is 10.5. The lowest BCUT2D eigenvalue weighted by atomic mass is 10.0. The molecule has 93 heavy (non-hydrogen) atoms. The van der Waals surface area contributed by atoms with Crippen molar-refractivity contribution >= 4 is 46.6 Å². The average molecular weight is 1260 g/mol. The van der Waals surface area contributed by atoms with Crippen molar-refractivity contribution in [3.63, 3.8) is 0 Å². The highest BCUT2D eigenvalue weighted by molar-refractivity contribution is 5.94. The maximum absolute atomic E-state index is 14.6. The quantitative estimate of drug-likeness (QED) is 0.0794. The van der Waals surface area contributed by atoms with Gasteiger partial charge in [-0.2, -0.15) is 15.3 Å². The second-order valence-electron chi connectivity index (χ2n) is 23.1. The number of ether oxygens (including phenoxy) is 3. The molecule has 0 radical (unpaired) electrons. The molecule has 2 amide bonds. The van der Waals surface area contributed by atoms with Gasteiger partial charge in [-0.1, -0.05) is 12.1 Å². The van der Waals surface area contributed by atoms with E-state index in [2.05, 4.69) is 68.6 Å². The number of fused-ring (bicyclic) bond motifs is 6. The van der Waals surface area contributed by atoms with Crippen LogP contribution in [-0.4, -0.2) is 130 Å². The summed E-state index contributed by atoms with van der Waals surface area (Å²) in [5.41, 5.74) is 16.6. The number of rotatable bonds is 14. The van der Waals surface area contributed by atoms with Gasteiger partial charge in [-0.25, -0.2) is 38.7 Å². The summed E-state index contributed by atoms with van der Waals surface area (Å²) in [5, 5.41) is 25.8. The van der Waals surface area contributed by atoms with Gasteiger partial charge in [-0.3, -0.25) is 36.8 Å². The molecule has 0 saturated heterocycles. The topological polar surface area (TPSA) is 257 Å². The number of amides is 2. The molecular weight excluding hydrogens is 1190 g/mol. The molecule has 0 bridgehead atoms.